The normalized spacial score (nSPS) is 12.2. The first-order chi connectivity index (χ1) is 7.56. The number of hydrogen-bond acceptors (Lipinski definition) is 2. The second kappa shape index (κ2) is 5.89. The highest BCUT2D eigenvalue weighted by atomic mass is 79.9. The molecule has 4 heteroatoms. The van der Waals surface area contributed by atoms with Gasteiger partial charge in [0.05, 0.1) is 0 Å². The fourth-order valence-electron chi connectivity index (χ4n) is 1.58. The molecule has 0 heterocycles. The summed E-state index contributed by atoms with van der Waals surface area (Å²) in [4.78, 5) is 12.9. The molecule has 0 amide bonds. The first-order valence-electron chi connectivity index (χ1n) is 5.31. The van der Waals surface area contributed by atoms with Crippen molar-refractivity contribution in [1.29, 1.82) is 0 Å². The molecule has 1 rings (SSSR count). The number of carbonyl (C=O) groups is 1. The van der Waals surface area contributed by atoms with Crippen molar-refractivity contribution in [3.63, 3.8) is 0 Å². The van der Waals surface area contributed by atoms with E-state index in [4.69, 9.17) is 5.11 Å². The van der Waals surface area contributed by atoms with E-state index in [0.29, 0.717) is 0 Å². The first-order valence-corrected chi connectivity index (χ1v) is 6.10. The summed E-state index contributed by atoms with van der Waals surface area (Å²) in [6.45, 7) is 4.49. The Kier molecular flexibility index (Phi) is 4.80. The van der Waals surface area contributed by atoms with Crippen molar-refractivity contribution >= 4 is 27.6 Å². The lowest BCUT2D eigenvalue weighted by molar-refractivity contribution is -0.138. The summed E-state index contributed by atoms with van der Waals surface area (Å²) in [6.07, 6.45) is 0.921. The zero-order valence-corrected chi connectivity index (χ0v) is 11.1. The van der Waals surface area contributed by atoms with Gasteiger partial charge in [-0.05, 0) is 31.5 Å². The molecule has 1 unspecified atom stereocenters. The van der Waals surface area contributed by atoms with Gasteiger partial charge in [-0.2, -0.15) is 0 Å². The Hall–Kier alpha value is -1.03. The van der Waals surface area contributed by atoms with Gasteiger partial charge in [0.2, 0.25) is 0 Å². The smallest absolute Gasteiger partial charge is 0.326 e. The maximum atomic E-state index is 11.0. The summed E-state index contributed by atoms with van der Waals surface area (Å²) < 4.78 is 0.962. The van der Waals surface area contributed by atoms with Crippen LogP contribution in [0.4, 0.5) is 5.69 Å². The third kappa shape index (κ3) is 3.23. The first kappa shape index (κ1) is 13.0. The summed E-state index contributed by atoms with van der Waals surface area (Å²) in [7, 11) is 0. The highest BCUT2D eigenvalue weighted by molar-refractivity contribution is 9.10. The van der Waals surface area contributed by atoms with Crippen LogP contribution in [0.25, 0.3) is 0 Å². The molecule has 0 radical (unpaired) electrons. The van der Waals surface area contributed by atoms with Crippen molar-refractivity contribution < 1.29 is 9.90 Å². The van der Waals surface area contributed by atoms with Crippen LogP contribution in [0.15, 0.2) is 28.7 Å². The molecule has 0 aromatic heterocycles. The molecular formula is C12H16BrNO2. The van der Waals surface area contributed by atoms with E-state index in [1.54, 1.807) is 6.92 Å². The van der Waals surface area contributed by atoms with Gasteiger partial charge in [-0.1, -0.05) is 28.9 Å². The third-order valence-corrected chi connectivity index (χ3v) is 2.92. The fourth-order valence-corrected chi connectivity index (χ4v) is 1.96. The molecule has 1 N–H and O–H groups in total. The van der Waals surface area contributed by atoms with Crippen LogP contribution in [-0.4, -0.2) is 23.7 Å². The van der Waals surface area contributed by atoms with Gasteiger partial charge in [0, 0.05) is 16.7 Å². The van der Waals surface area contributed by atoms with Crippen LogP contribution in [0, 0.1) is 0 Å². The van der Waals surface area contributed by atoms with Crippen molar-refractivity contribution in [2.75, 3.05) is 11.4 Å². The summed E-state index contributed by atoms with van der Waals surface area (Å²) in [5.41, 5.74) is 0.936. The number of hydrogen-bond donors (Lipinski definition) is 1. The van der Waals surface area contributed by atoms with Crippen molar-refractivity contribution in [3.8, 4) is 0 Å². The molecule has 0 aliphatic heterocycles. The van der Waals surface area contributed by atoms with Crippen LogP contribution in [0.2, 0.25) is 0 Å². The number of benzene rings is 1. The summed E-state index contributed by atoms with van der Waals surface area (Å²) in [5.74, 6) is -0.798. The SMILES string of the molecule is CCCN(c1cccc(Br)c1)C(C)C(=O)O. The molecule has 1 atom stereocenters. The topological polar surface area (TPSA) is 40.5 Å². The van der Waals surface area contributed by atoms with E-state index in [-0.39, 0.29) is 0 Å². The average Bonchev–Trinajstić information content (AvgIpc) is 2.24. The molecule has 3 nitrogen and oxygen atoms in total. The maximum Gasteiger partial charge on any atom is 0.326 e. The summed E-state index contributed by atoms with van der Waals surface area (Å²) >= 11 is 3.39. The number of rotatable bonds is 5. The average molecular weight is 286 g/mol. The number of aliphatic carboxylic acids is 1. The minimum absolute atomic E-state index is 0.505. The number of nitrogens with zero attached hydrogens (tertiary/aromatic N) is 1. The molecule has 0 bridgehead atoms. The standard InChI is InChI=1S/C12H16BrNO2/c1-3-7-14(9(2)12(15)16)11-6-4-5-10(13)8-11/h4-6,8-9H,3,7H2,1-2H3,(H,15,16). The molecule has 0 saturated carbocycles. The van der Waals surface area contributed by atoms with Gasteiger partial charge in [-0.3, -0.25) is 0 Å². The quantitative estimate of drug-likeness (QED) is 0.904. The lowest BCUT2D eigenvalue weighted by Gasteiger charge is -2.28. The van der Waals surface area contributed by atoms with Gasteiger partial charge < -0.3 is 10.0 Å². The summed E-state index contributed by atoms with van der Waals surface area (Å²) in [6, 6.07) is 7.21. The predicted molar refractivity (Wildman–Crippen MR) is 68.9 cm³/mol. The van der Waals surface area contributed by atoms with Gasteiger partial charge in [0.1, 0.15) is 6.04 Å². The molecule has 0 spiro atoms. The summed E-state index contributed by atoms with van der Waals surface area (Å²) in [5, 5.41) is 9.06. The second-order valence-electron chi connectivity index (χ2n) is 3.69. The molecule has 16 heavy (non-hydrogen) atoms. The van der Waals surface area contributed by atoms with Crippen LogP contribution in [0.5, 0.6) is 0 Å². The van der Waals surface area contributed by atoms with Crippen molar-refractivity contribution in [2.45, 2.75) is 26.3 Å². The number of halogens is 1. The minimum Gasteiger partial charge on any atom is -0.480 e. The van der Waals surface area contributed by atoms with E-state index in [1.165, 1.54) is 0 Å². The fraction of sp³-hybridized carbons (Fsp3) is 0.417. The molecule has 1 aromatic rings. The zero-order valence-electron chi connectivity index (χ0n) is 9.48. The van der Waals surface area contributed by atoms with E-state index in [2.05, 4.69) is 15.9 Å². The largest absolute Gasteiger partial charge is 0.480 e. The monoisotopic (exact) mass is 285 g/mol. The number of anilines is 1. The Labute approximate surface area is 104 Å². The molecule has 1 aromatic carbocycles. The van der Waals surface area contributed by atoms with E-state index < -0.39 is 12.0 Å². The third-order valence-electron chi connectivity index (χ3n) is 2.43. The Morgan fingerprint density at radius 3 is 2.75 bits per heavy atom. The highest BCUT2D eigenvalue weighted by Gasteiger charge is 2.20. The van der Waals surface area contributed by atoms with Crippen molar-refractivity contribution in [1.82, 2.24) is 0 Å². The van der Waals surface area contributed by atoms with Gasteiger partial charge in [-0.25, -0.2) is 4.79 Å². The van der Waals surface area contributed by atoms with Gasteiger partial charge in [-0.15, -0.1) is 0 Å². The molecule has 0 fully saturated rings. The molecule has 0 aliphatic carbocycles. The zero-order chi connectivity index (χ0) is 12.1. The predicted octanol–water partition coefficient (Wildman–Crippen LogP) is 3.14. The van der Waals surface area contributed by atoms with Crippen molar-refractivity contribution in [2.24, 2.45) is 0 Å². The minimum atomic E-state index is -0.798. The van der Waals surface area contributed by atoms with Gasteiger partial charge in [0.25, 0.3) is 0 Å². The van der Waals surface area contributed by atoms with Crippen LogP contribution < -0.4 is 4.90 Å². The Bertz CT molecular complexity index is 368. The molecule has 0 saturated heterocycles. The van der Waals surface area contributed by atoms with Gasteiger partial charge in [0.15, 0.2) is 0 Å². The Morgan fingerprint density at radius 1 is 1.56 bits per heavy atom. The van der Waals surface area contributed by atoms with E-state index in [1.807, 2.05) is 36.1 Å². The Morgan fingerprint density at radius 2 is 2.25 bits per heavy atom. The van der Waals surface area contributed by atoms with E-state index >= 15 is 0 Å². The second-order valence-corrected chi connectivity index (χ2v) is 4.60. The lowest BCUT2D eigenvalue weighted by Crippen LogP contribution is -2.39. The van der Waals surface area contributed by atoms with Crippen LogP contribution >= 0.6 is 15.9 Å². The van der Waals surface area contributed by atoms with Crippen LogP contribution in [0.3, 0.4) is 0 Å². The molecular weight excluding hydrogens is 270 g/mol. The molecule has 0 aliphatic rings. The van der Waals surface area contributed by atoms with E-state index in [0.717, 1.165) is 23.1 Å². The van der Waals surface area contributed by atoms with Crippen LogP contribution in [0.1, 0.15) is 20.3 Å². The van der Waals surface area contributed by atoms with Crippen molar-refractivity contribution in [3.05, 3.63) is 28.7 Å². The number of carboxylic acids is 1. The lowest BCUT2D eigenvalue weighted by atomic mass is 10.2. The number of carboxylic acid groups (broad SMARTS) is 1. The highest BCUT2D eigenvalue weighted by Crippen LogP contribution is 2.22. The van der Waals surface area contributed by atoms with E-state index in [9.17, 15) is 4.79 Å². The van der Waals surface area contributed by atoms with Gasteiger partial charge >= 0.3 is 5.97 Å². The van der Waals surface area contributed by atoms with Crippen LogP contribution in [-0.2, 0) is 4.79 Å². The molecule has 88 valence electrons. The maximum absolute atomic E-state index is 11.0. The Balaban J connectivity index is 2.97.